The third kappa shape index (κ3) is 5.85. The number of aliphatic hydroxyl groups is 1. The van der Waals surface area contributed by atoms with Gasteiger partial charge in [0.05, 0.1) is 19.1 Å². The van der Waals surface area contributed by atoms with Crippen molar-refractivity contribution in [2.24, 2.45) is 0 Å². The number of carbonyl (C=O) groups is 3. The molecule has 0 aromatic heterocycles. The number of esters is 1. The highest BCUT2D eigenvalue weighted by atomic mass is 16.6. The number of ether oxygens (including phenoxy) is 2. The van der Waals surface area contributed by atoms with Gasteiger partial charge in [0.15, 0.2) is 5.60 Å². The Bertz CT molecular complexity index is 337. The second-order valence-corrected chi connectivity index (χ2v) is 3.34. The molecule has 0 saturated carbocycles. The highest BCUT2D eigenvalue weighted by Gasteiger charge is 2.41. The van der Waals surface area contributed by atoms with Gasteiger partial charge in [-0.1, -0.05) is 6.58 Å². The SMILES string of the molecule is C=COCCOC(=O)CC(O)(CC(=O)O)C(=O)O. The molecule has 3 N–H and O–H groups in total. The Kier molecular flexibility index (Phi) is 6.43. The largest absolute Gasteiger partial charge is 0.498 e. The molecule has 0 aliphatic carbocycles. The third-order valence-corrected chi connectivity index (χ3v) is 1.86. The van der Waals surface area contributed by atoms with Gasteiger partial charge in [-0.05, 0) is 0 Å². The van der Waals surface area contributed by atoms with Gasteiger partial charge in [0.2, 0.25) is 0 Å². The molecule has 0 bridgehead atoms. The Balaban J connectivity index is 4.32. The highest BCUT2D eigenvalue weighted by Crippen LogP contribution is 2.16. The maximum Gasteiger partial charge on any atom is 0.336 e. The van der Waals surface area contributed by atoms with Crippen LogP contribution in [0.4, 0.5) is 0 Å². The quantitative estimate of drug-likeness (QED) is 0.284. The molecule has 0 radical (unpaired) electrons. The first kappa shape index (κ1) is 15.9. The molecule has 0 amide bonds. The summed E-state index contributed by atoms with van der Waals surface area (Å²) in [6.07, 6.45) is -0.921. The molecule has 0 aromatic carbocycles. The fourth-order valence-corrected chi connectivity index (χ4v) is 1.04. The van der Waals surface area contributed by atoms with Crippen LogP contribution >= 0.6 is 0 Å². The predicted octanol–water partition coefficient (Wildman–Crippen LogP) is -0.630. The van der Waals surface area contributed by atoms with E-state index in [2.05, 4.69) is 16.1 Å². The summed E-state index contributed by atoms with van der Waals surface area (Å²) in [6, 6.07) is 0. The molecule has 1 unspecified atom stereocenters. The normalized spacial score (nSPS) is 13.2. The molecule has 0 saturated heterocycles. The summed E-state index contributed by atoms with van der Waals surface area (Å²) in [6.45, 7) is 3.12. The third-order valence-electron chi connectivity index (χ3n) is 1.86. The van der Waals surface area contributed by atoms with E-state index in [4.69, 9.17) is 10.2 Å². The summed E-state index contributed by atoms with van der Waals surface area (Å²) in [5, 5.41) is 26.6. The monoisotopic (exact) mass is 262 g/mol. The van der Waals surface area contributed by atoms with E-state index in [-0.39, 0.29) is 13.2 Å². The second-order valence-electron chi connectivity index (χ2n) is 3.34. The first-order valence-electron chi connectivity index (χ1n) is 4.87. The molecule has 0 aromatic rings. The molecule has 0 aliphatic heterocycles. The molecule has 8 heteroatoms. The predicted molar refractivity (Wildman–Crippen MR) is 56.6 cm³/mol. The van der Waals surface area contributed by atoms with E-state index in [0.29, 0.717) is 0 Å². The van der Waals surface area contributed by atoms with E-state index in [1.54, 1.807) is 0 Å². The molecule has 8 nitrogen and oxygen atoms in total. The molecule has 102 valence electrons. The summed E-state index contributed by atoms with van der Waals surface area (Å²) in [5.74, 6) is -4.37. The van der Waals surface area contributed by atoms with E-state index in [9.17, 15) is 19.5 Å². The first-order valence-corrected chi connectivity index (χ1v) is 4.87. The van der Waals surface area contributed by atoms with Crippen LogP contribution in [0.2, 0.25) is 0 Å². The van der Waals surface area contributed by atoms with Crippen LogP contribution in [-0.2, 0) is 23.9 Å². The Hall–Kier alpha value is -2.09. The number of aliphatic carboxylic acids is 2. The van der Waals surface area contributed by atoms with Gasteiger partial charge < -0.3 is 24.8 Å². The zero-order valence-electron chi connectivity index (χ0n) is 9.50. The number of carboxylic acids is 2. The Morgan fingerprint density at radius 3 is 2.22 bits per heavy atom. The lowest BCUT2D eigenvalue weighted by Gasteiger charge is -2.20. The molecule has 1 atom stereocenters. The maximum atomic E-state index is 11.2. The van der Waals surface area contributed by atoms with Crippen LogP contribution in [0.5, 0.6) is 0 Å². The summed E-state index contributed by atoms with van der Waals surface area (Å²) in [4.78, 5) is 32.3. The van der Waals surface area contributed by atoms with Crippen molar-refractivity contribution in [3.63, 3.8) is 0 Å². The van der Waals surface area contributed by atoms with E-state index >= 15 is 0 Å². The van der Waals surface area contributed by atoms with Gasteiger partial charge in [0.25, 0.3) is 0 Å². The highest BCUT2D eigenvalue weighted by molar-refractivity contribution is 5.88. The fourth-order valence-electron chi connectivity index (χ4n) is 1.04. The minimum atomic E-state index is -2.68. The minimum absolute atomic E-state index is 0.0275. The number of rotatable bonds is 9. The summed E-state index contributed by atoms with van der Waals surface area (Å²) in [5.41, 5.74) is -2.68. The average Bonchev–Trinajstić information content (AvgIpc) is 2.23. The number of hydrogen-bond acceptors (Lipinski definition) is 6. The van der Waals surface area contributed by atoms with Gasteiger partial charge in [-0.3, -0.25) is 9.59 Å². The number of carboxylic acid groups (broad SMARTS) is 2. The Morgan fingerprint density at radius 1 is 1.17 bits per heavy atom. The van der Waals surface area contributed by atoms with Crippen LogP contribution in [0.1, 0.15) is 12.8 Å². The van der Waals surface area contributed by atoms with Crippen LogP contribution < -0.4 is 0 Å². The topological polar surface area (TPSA) is 130 Å². The van der Waals surface area contributed by atoms with Crippen molar-refractivity contribution < 1.29 is 39.2 Å². The van der Waals surface area contributed by atoms with Crippen LogP contribution in [0.15, 0.2) is 12.8 Å². The van der Waals surface area contributed by atoms with Gasteiger partial charge in [-0.25, -0.2) is 4.79 Å². The van der Waals surface area contributed by atoms with E-state index in [1.165, 1.54) is 0 Å². The molecule has 0 heterocycles. The minimum Gasteiger partial charge on any atom is -0.498 e. The van der Waals surface area contributed by atoms with Crippen molar-refractivity contribution in [2.75, 3.05) is 13.2 Å². The van der Waals surface area contributed by atoms with E-state index < -0.39 is 36.4 Å². The lowest BCUT2D eigenvalue weighted by Crippen LogP contribution is -2.43. The lowest BCUT2D eigenvalue weighted by molar-refractivity contribution is -0.172. The fraction of sp³-hybridized carbons (Fsp3) is 0.500. The van der Waals surface area contributed by atoms with Crippen molar-refractivity contribution in [3.8, 4) is 0 Å². The smallest absolute Gasteiger partial charge is 0.336 e. The van der Waals surface area contributed by atoms with Crippen LogP contribution in [0, 0.1) is 0 Å². The number of carbonyl (C=O) groups excluding carboxylic acids is 1. The van der Waals surface area contributed by atoms with Crippen molar-refractivity contribution in [1.29, 1.82) is 0 Å². The zero-order valence-corrected chi connectivity index (χ0v) is 9.50. The summed E-state index contributed by atoms with van der Waals surface area (Å²) >= 11 is 0. The summed E-state index contributed by atoms with van der Waals surface area (Å²) in [7, 11) is 0. The van der Waals surface area contributed by atoms with Crippen LogP contribution in [0.3, 0.4) is 0 Å². The molecule has 0 aliphatic rings. The first-order chi connectivity index (χ1) is 8.31. The molecular formula is C10H14O8. The standard InChI is InChI=1S/C10H14O8/c1-2-17-3-4-18-8(13)6-10(16,9(14)15)5-7(11)12/h2,16H,1,3-6H2,(H,11,12)(H,14,15). The zero-order chi connectivity index (χ0) is 14.2. The van der Waals surface area contributed by atoms with Crippen molar-refractivity contribution in [3.05, 3.63) is 12.8 Å². The second kappa shape index (κ2) is 7.28. The van der Waals surface area contributed by atoms with Gasteiger partial charge in [-0.2, -0.15) is 0 Å². The van der Waals surface area contributed by atoms with Gasteiger partial charge >= 0.3 is 17.9 Å². The van der Waals surface area contributed by atoms with Crippen molar-refractivity contribution in [2.45, 2.75) is 18.4 Å². The van der Waals surface area contributed by atoms with Crippen molar-refractivity contribution in [1.82, 2.24) is 0 Å². The van der Waals surface area contributed by atoms with Gasteiger partial charge in [0.1, 0.15) is 13.2 Å². The van der Waals surface area contributed by atoms with E-state index in [0.717, 1.165) is 6.26 Å². The maximum absolute atomic E-state index is 11.2. The number of hydrogen-bond donors (Lipinski definition) is 3. The Morgan fingerprint density at radius 2 is 1.78 bits per heavy atom. The van der Waals surface area contributed by atoms with Crippen LogP contribution in [0.25, 0.3) is 0 Å². The average molecular weight is 262 g/mol. The molecule has 0 rings (SSSR count). The van der Waals surface area contributed by atoms with Crippen molar-refractivity contribution >= 4 is 17.9 Å². The van der Waals surface area contributed by atoms with Gasteiger partial charge in [-0.15, -0.1) is 0 Å². The van der Waals surface area contributed by atoms with Crippen LogP contribution in [-0.4, -0.2) is 52.0 Å². The lowest BCUT2D eigenvalue weighted by atomic mass is 9.96. The molecule has 18 heavy (non-hydrogen) atoms. The van der Waals surface area contributed by atoms with Gasteiger partial charge in [0, 0.05) is 0 Å². The molecular weight excluding hydrogens is 248 g/mol. The summed E-state index contributed by atoms with van der Waals surface area (Å²) < 4.78 is 9.18. The van der Waals surface area contributed by atoms with E-state index in [1.807, 2.05) is 0 Å². The molecule has 0 fully saturated rings. The Labute approximate surface area is 102 Å². The molecule has 0 spiro atoms.